The average Bonchev–Trinajstić information content (AvgIpc) is 2.99. The zero-order chi connectivity index (χ0) is 17.6. The van der Waals surface area contributed by atoms with Gasteiger partial charge >= 0.3 is 0 Å². The van der Waals surface area contributed by atoms with Crippen LogP contribution in [0.5, 0.6) is 0 Å². The average molecular weight is 341 g/mol. The van der Waals surface area contributed by atoms with E-state index in [1.165, 1.54) is 12.1 Å². The summed E-state index contributed by atoms with van der Waals surface area (Å²) < 4.78 is 27.7. The molecule has 0 spiro atoms. The van der Waals surface area contributed by atoms with E-state index < -0.39 is 23.7 Å². The number of fused-ring (bicyclic) bond motifs is 3. The van der Waals surface area contributed by atoms with Gasteiger partial charge in [0.25, 0.3) is 0 Å². The summed E-state index contributed by atoms with van der Waals surface area (Å²) in [6.45, 7) is 0. The quantitative estimate of drug-likeness (QED) is 0.671. The molecule has 0 saturated heterocycles. The minimum absolute atomic E-state index is 0.163. The van der Waals surface area contributed by atoms with E-state index in [0.29, 0.717) is 12.0 Å². The van der Waals surface area contributed by atoms with E-state index in [4.69, 9.17) is 0 Å². The van der Waals surface area contributed by atoms with Crippen LogP contribution < -0.4 is 10.6 Å². The van der Waals surface area contributed by atoms with Crippen molar-refractivity contribution in [1.82, 2.24) is 15.6 Å². The summed E-state index contributed by atoms with van der Waals surface area (Å²) >= 11 is 0. The van der Waals surface area contributed by atoms with Crippen LogP contribution >= 0.6 is 0 Å². The summed E-state index contributed by atoms with van der Waals surface area (Å²) in [5.74, 6) is -1.43. The van der Waals surface area contributed by atoms with Crippen LogP contribution in [0.4, 0.5) is 8.78 Å². The molecule has 3 N–H and O–H groups in total. The molecule has 4 rings (SSSR count). The van der Waals surface area contributed by atoms with Crippen molar-refractivity contribution in [3.8, 4) is 0 Å². The summed E-state index contributed by atoms with van der Waals surface area (Å²) in [6, 6.07) is 10.2. The van der Waals surface area contributed by atoms with E-state index in [1.807, 2.05) is 24.3 Å². The van der Waals surface area contributed by atoms with E-state index >= 15 is 0 Å². The maximum absolute atomic E-state index is 14.4. The number of rotatable bonds is 2. The maximum atomic E-state index is 14.4. The number of amides is 1. The van der Waals surface area contributed by atoms with E-state index in [2.05, 4.69) is 15.6 Å². The minimum atomic E-state index is -0.639. The number of likely N-dealkylation sites (N-methyl/N-ethyl adjacent to an activating group) is 1. The van der Waals surface area contributed by atoms with Gasteiger partial charge in [-0.15, -0.1) is 0 Å². The number of hydrogen-bond donors (Lipinski definition) is 3. The lowest BCUT2D eigenvalue weighted by Crippen LogP contribution is -2.49. The van der Waals surface area contributed by atoms with Crippen molar-refractivity contribution in [2.75, 3.05) is 7.05 Å². The van der Waals surface area contributed by atoms with Crippen LogP contribution in [0, 0.1) is 11.6 Å². The Kier molecular flexibility index (Phi) is 3.77. The van der Waals surface area contributed by atoms with Crippen LogP contribution in [0.15, 0.2) is 42.5 Å². The first-order valence-corrected chi connectivity index (χ1v) is 8.10. The zero-order valence-corrected chi connectivity index (χ0v) is 13.6. The normalized spacial score (nSPS) is 19.6. The smallest absolute Gasteiger partial charge is 0.237 e. The Morgan fingerprint density at radius 3 is 2.76 bits per heavy atom. The first kappa shape index (κ1) is 15.8. The molecule has 0 fully saturated rings. The van der Waals surface area contributed by atoms with Gasteiger partial charge in [0, 0.05) is 35.3 Å². The maximum Gasteiger partial charge on any atom is 0.237 e. The summed E-state index contributed by atoms with van der Waals surface area (Å²) in [5.41, 5.74) is 3.03. The molecule has 3 aromatic rings. The Morgan fingerprint density at radius 2 is 2.00 bits per heavy atom. The van der Waals surface area contributed by atoms with Gasteiger partial charge < -0.3 is 10.3 Å². The molecule has 1 aliphatic heterocycles. The van der Waals surface area contributed by atoms with E-state index in [-0.39, 0.29) is 5.91 Å². The van der Waals surface area contributed by atoms with Crippen LogP contribution in [-0.4, -0.2) is 24.0 Å². The molecule has 2 atom stereocenters. The lowest BCUT2D eigenvalue weighted by molar-refractivity contribution is -0.122. The van der Waals surface area contributed by atoms with Crippen LogP contribution in [0.25, 0.3) is 10.9 Å². The molecule has 0 radical (unpaired) electrons. The number of benzene rings is 2. The first-order valence-electron chi connectivity index (χ1n) is 8.10. The number of aromatic amines is 1. The lowest BCUT2D eigenvalue weighted by Gasteiger charge is -2.31. The number of carbonyl (C=O) groups is 1. The monoisotopic (exact) mass is 341 g/mol. The Balaban J connectivity index is 1.90. The lowest BCUT2D eigenvalue weighted by atomic mass is 9.90. The van der Waals surface area contributed by atoms with E-state index in [0.717, 1.165) is 28.2 Å². The molecule has 0 saturated carbocycles. The van der Waals surface area contributed by atoms with E-state index in [1.54, 1.807) is 7.05 Å². The Hall–Kier alpha value is -2.73. The predicted octanol–water partition coefficient (Wildman–Crippen LogP) is 2.80. The van der Waals surface area contributed by atoms with Gasteiger partial charge in [0.2, 0.25) is 5.91 Å². The third-order valence-corrected chi connectivity index (χ3v) is 4.75. The largest absolute Gasteiger partial charge is 0.358 e. The fourth-order valence-electron chi connectivity index (χ4n) is 3.56. The van der Waals surface area contributed by atoms with Gasteiger partial charge in [-0.1, -0.05) is 24.3 Å². The van der Waals surface area contributed by atoms with E-state index in [9.17, 15) is 13.6 Å². The second-order valence-corrected chi connectivity index (χ2v) is 6.20. The number of hydrogen-bond acceptors (Lipinski definition) is 2. The van der Waals surface area contributed by atoms with Gasteiger partial charge in [-0.25, -0.2) is 8.78 Å². The van der Waals surface area contributed by atoms with Gasteiger partial charge in [0.1, 0.15) is 11.6 Å². The molecule has 1 amide bonds. The van der Waals surface area contributed by atoms with Crippen molar-refractivity contribution in [3.05, 3.63) is 70.9 Å². The summed E-state index contributed by atoms with van der Waals surface area (Å²) in [7, 11) is 1.57. The van der Waals surface area contributed by atoms with Gasteiger partial charge in [-0.05, 0) is 24.1 Å². The zero-order valence-electron chi connectivity index (χ0n) is 13.6. The highest BCUT2D eigenvalue weighted by molar-refractivity contribution is 5.88. The summed E-state index contributed by atoms with van der Waals surface area (Å²) in [6.07, 6.45) is 0.498. The molecule has 128 valence electrons. The van der Waals surface area contributed by atoms with Gasteiger partial charge in [0.15, 0.2) is 0 Å². The molecule has 1 aromatic heterocycles. The summed E-state index contributed by atoms with van der Waals surface area (Å²) in [4.78, 5) is 15.5. The first-order chi connectivity index (χ1) is 12.1. The topological polar surface area (TPSA) is 56.9 Å². The Bertz CT molecular complexity index is 966. The summed E-state index contributed by atoms with van der Waals surface area (Å²) in [5, 5.41) is 6.84. The van der Waals surface area contributed by atoms with Gasteiger partial charge in [0.05, 0.1) is 12.1 Å². The third-order valence-electron chi connectivity index (χ3n) is 4.75. The highest BCUT2D eigenvalue weighted by atomic mass is 19.1. The number of carbonyl (C=O) groups excluding carboxylic acids is 1. The van der Waals surface area contributed by atoms with Crippen molar-refractivity contribution in [2.24, 2.45) is 0 Å². The number of aromatic nitrogens is 1. The van der Waals surface area contributed by atoms with Crippen LogP contribution in [0.1, 0.15) is 22.9 Å². The second kappa shape index (κ2) is 5.97. The van der Waals surface area contributed by atoms with Crippen molar-refractivity contribution in [2.45, 2.75) is 18.5 Å². The van der Waals surface area contributed by atoms with Crippen molar-refractivity contribution < 1.29 is 13.6 Å². The molecule has 1 aliphatic rings. The fourth-order valence-corrected chi connectivity index (χ4v) is 3.56. The molecule has 0 bridgehead atoms. The molecule has 0 unspecified atom stereocenters. The van der Waals surface area contributed by atoms with Gasteiger partial charge in [-0.2, -0.15) is 0 Å². The van der Waals surface area contributed by atoms with Crippen molar-refractivity contribution in [3.63, 3.8) is 0 Å². The molecule has 2 aromatic carbocycles. The number of halogens is 2. The highest BCUT2D eigenvalue weighted by Gasteiger charge is 2.34. The molecular weight excluding hydrogens is 324 g/mol. The van der Waals surface area contributed by atoms with Crippen molar-refractivity contribution in [1.29, 1.82) is 0 Å². The number of H-pyrrole nitrogens is 1. The fraction of sp³-hybridized carbons (Fsp3) is 0.211. The second-order valence-electron chi connectivity index (χ2n) is 6.20. The predicted molar refractivity (Wildman–Crippen MR) is 91.2 cm³/mol. The molecule has 2 heterocycles. The Labute approximate surface area is 143 Å². The SMILES string of the molecule is CNC(=O)[C@@H]1Cc2c([nH]c3ccccc23)[C@@H](c2ccc(F)cc2F)N1. The highest BCUT2D eigenvalue weighted by Crippen LogP contribution is 2.36. The minimum Gasteiger partial charge on any atom is -0.358 e. The number of para-hydroxylation sites is 1. The van der Waals surface area contributed by atoms with Crippen LogP contribution in [0.2, 0.25) is 0 Å². The van der Waals surface area contributed by atoms with Crippen LogP contribution in [0.3, 0.4) is 0 Å². The number of nitrogens with one attached hydrogen (secondary N) is 3. The van der Waals surface area contributed by atoms with Crippen molar-refractivity contribution >= 4 is 16.8 Å². The molecular formula is C19H17F2N3O. The molecule has 4 nitrogen and oxygen atoms in total. The van der Waals surface area contributed by atoms with Gasteiger partial charge in [-0.3, -0.25) is 10.1 Å². The van der Waals surface area contributed by atoms with Crippen LogP contribution in [-0.2, 0) is 11.2 Å². The molecule has 0 aliphatic carbocycles. The third kappa shape index (κ3) is 2.59. The molecule has 6 heteroatoms. The Morgan fingerprint density at radius 1 is 1.20 bits per heavy atom. The standard InChI is InChI=1S/C19H17F2N3O/c1-22-19(25)16-9-13-11-4-2-3-5-15(11)23-18(13)17(24-16)12-7-6-10(20)8-14(12)21/h2-8,16-17,23-24H,9H2,1H3,(H,22,25)/t16-,17+/m0/s1. The molecule has 25 heavy (non-hydrogen) atoms.